The second-order valence-electron chi connectivity index (χ2n) is 3.80. The molecule has 0 unspecified atom stereocenters. The number of hydrogen-bond acceptors (Lipinski definition) is 3. The third-order valence-electron chi connectivity index (χ3n) is 2.67. The molecule has 92 valence electrons. The van der Waals surface area contributed by atoms with Crippen LogP contribution in [0.4, 0.5) is 0 Å². The summed E-state index contributed by atoms with van der Waals surface area (Å²) in [6, 6.07) is 0. The van der Waals surface area contributed by atoms with E-state index in [0.717, 1.165) is 16.9 Å². The minimum absolute atomic E-state index is 0.0884. The second kappa shape index (κ2) is 4.37. The van der Waals surface area contributed by atoms with Crippen molar-refractivity contribution in [2.75, 3.05) is 7.05 Å². The SMILES string of the molecule is CNC(=O)Cn1c(CCl)nc2c(C)nn(C)c21. The summed E-state index contributed by atoms with van der Waals surface area (Å²) in [5, 5.41) is 6.86. The molecular formula is C10H14ClN5O. The van der Waals surface area contributed by atoms with Crippen LogP contribution >= 0.6 is 11.6 Å². The molecule has 0 fully saturated rings. The maximum atomic E-state index is 11.5. The molecule has 2 aromatic heterocycles. The summed E-state index contributed by atoms with van der Waals surface area (Å²) in [6.45, 7) is 2.09. The zero-order chi connectivity index (χ0) is 12.6. The van der Waals surface area contributed by atoms with Crippen LogP contribution in [-0.2, 0) is 24.3 Å². The van der Waals surface area contributed by atoms with E-state index in [1.807, 2.05) is 14.0 Å². The average Bonchev–Trinajstić information content (AvgIpc) is 2.79. The van der Waals surface area contributed by atoms with E-state index < -0.39 is 0 Å². The van der Waals surface area contributed by atoms with Gasteiger partial charge in [0.2, 0.25) is 5.91 Å². The number of aryl methyl sites for hydroxylation is 2. The Labute approximate surface area is 104 Å². The Morgan fingerprint density at radius 1 is 1.53 bits per heavy atom. The number of hydrogen-bond donors (Lipinski definition) is 1. The molecule has 17 heavy (non-hydrogen) atoms. The molecule has 0 saturated carbocycles. The highest BCUT2D eigenvalue weighted by molar-refractivity contribution is 6.16. The molecule has 2 rings (SSSR count). The molecule has 2 heterocycles. The second-order valence-corrected chi connectivity index (χ2v) is 4.07. The van der Waals surface area contributed by atoms with Gasteiger partial charge in [0.05, 0.1) is 11.6 Å². The lowest BCUT2D eigenvalue weighted by atomic mass is 10.4. The Balaban J connectivity index is 2.60. The summed E-state index contributed by atoms with van der Waals surface area (Å²) >= 11 is 5.85. The van der Waals surface area contributed by atoms with Gasteiger partial charge in [-0.25, -0.2) is 4.98 Å². The van der Waals surface area contributed by atoms with Crippen molar-refractivity contribution < 1.29 is 4.79 Å². The molecule has 6 nitrogen and oxygen atoms in total. The Kier molecular flexibility index (Phi) is 3.06. The van der Waals surface area contributed by atoms with Crippen LogP contribution in [0.3, 0.4) is 0 Å². The maximum absolute atomic E-state index is 11.5. The van der Waals surface area contributed by atoms with Crippen molar-refractivity contribution in [2.45, 2.75) is 19.3 Å². The predicted molar refractivity (Wildman–Crippen MR) is 64.9 cm³/mol. The van der Waals surface area contributed by atoms with Crippen molar-refractivity contribution in [2.24, 2.45) is 7.05 Å². The molecule has 0 spiro atoms. The van der Waals surface area contributed by atoms with Crippen molar-refractivity contribution in [3.8, 4) is 0 Å². The zero-order valence-electron chi connectivity index (χ0n) is 9.99. The van der Waals surface area contributed by atoms with E-state index in [-0.39, 0.29) is 18.3 Å². The van der Waals surface area contributed by atoms with Gasteiger partial charge in [-0.1, -0.05) is 0 Å². The normalized spacial score (nSPS) is 11.1. The van der Waals surface area contributed by atoms with E-state index in [9.17, 15) is 4.79 Å². The molecule has 2 aromatic rings. The molecule has 1 amide bonds. The highest BCUT2D eigenvalue weighted by atomic mass is 35.5. The van der Waals surface area contributed by atoms with Gasteiger partial charge in [0.1, 0.15) is 17.9 Å². The largest absolute Gasteiger partial charge is 0.358 e. The Morgan fingerprint density at radius 2 is 2.24 bits per heavy atom. The molecule has 0 bridgehead atoms. The van der Waals surface area contributed by atoms with Gasteiger partial charge in [0, 0.05) is 14.1 Å². The number of carbonyl (C=O) groups is 1. The minimum atomic E-state index is -0.0884. The van der Waals surface area contributed by atoms with E-state index in [0.29, 0.717) is 5.82 Å². The lowest BCUT2D eigenvalue weighted by molar-refractivity contribution is -0.121. The van der Waals surface area contributed by atoms with Crippen molar-refractivity contribution in [3.63, 3.8) is 0 Å². The van der Waals surface area contributed by atoms with Crippen molar-refractivity contribution in [1.29, 1.82) is 0 Å². The van der Waals surface area contributed by atoms with Crippen LogP contribution in [0.1, 0.15) is 11.5 Å². The Morgan fingerprint density at radius 3 is 2.82 bits per heavy atom. The Hall–Kier alpha value is -1.56. The van der Waals surface area contributed by atoms with Gasteiger partial charge in [-0.05, 0) is 6.92 Å². The van der Waals surface area contributed by atoms with Crippen LogP contribution in [0.15, 0.2) is 0 Å². The van der Waals surface area contributed by atoms with Gasteiger partial charge in [-0.15, -0.1) is 11.6 Å². The maximum Gasteiger partial charge on any atom is 0.239 e. The van der Waals surface area contributed by atoms with Gasteiger partial charge in [0.15, 0.2) is 5.65 Å². The molecule has 7 heteroatoms. The van der Waals surface area contributed by atoms with Crippen molar-refractivity contribution >= 4 is 28.7 Å². The van der Waals surface area contributed by atoms with E-state index in [4.69, 9.17) is 11.6 Å². The van der Waals surface area contributed by atoms with E-state index in [1.165, 1.54) is 0 Å². The number of imidazole rings is 1. The molecule has 0 aliphatic heterocycles. The average molecular weight is 256 g/mol. The fraction of sp³-hybridized carbons (Fsp3) is 0.500. The topological polar surface area (TPSA) is 64.7 Å². The number of fused-ring (bicyclic) bond motifs is 1. The quantitative estimate of drug-likeness (QED) is 0.816. The lowest BCUT2D eigenvalue weighted by Gasteiger charge is -2.06. The number of alkyl halides is 1. The molecular weight excluding hydrogens is 242 g/mol. The van der Waals surface area contributed by atoms with Gasteiger partial charge in [-0.3, -0.25) is 9.48 Å². The predicted octanol–water partition coefficient (Wildman–Crippen LogP) is 0.563. The van der Waals surface area contributed by atoms with Crippen molar-refractivity contribution in [1.82, 2.24) is 24.6 Å². The number of halogens is 1. The van der Waals surface area contributed by atoms with E-state index in [2.05, 4.69) is 15.4 Å². The Bertz CT molecular complexity index is 571. The van der Waals surface area contributed by atoms with Crippen LogP contribution in [0.25, 0.3) is 11.2 Å². The fourth-order valence-corrected chi connectivity index (χ4v) is 2.07. The molecule has 0 aliphatic carbocycles. The summed E-state index contributed by atoms with van der Waals surface area (Å²) < 4.78 is 3.51. The highest BCUT2D eigenvalue weighted by Gasteiger charge is 2.18. The monoisotopic (exact) mass is 255 g/mol. The van der Waals surface area contributed by atoms with Crippen LogP contribution in [0.2, 0.25) is 0 Å². The summed E-state index contributed by atoms with van der Waals surface area (Å²) in [5.74, 6) is 0.862. The van der Waals surface area contributed by atoms with E-state index in [1.54, 1.807) is 16.3 Å². The summed E-state index contributed by atoms with van der Waals surface area (Å²) in [4.78, 5) is 15.9. The zero-order valence-corrected chi connectivity index (χ0v) is 10.7. The number of carbonyl (C=O) groups excluding carboxylic acids is 1. The fourth-order valence-electron chi connectivity index (χ4n) is 1.87. The molecule has 0 aliphatic rings. The molecule has 0 atom stereocenters. The molecule has 1 N–H and O–H groups in total. The van der Waals surface area contributed by atoms with Gasteiger partial charge in [-0.2, -0.15) is 5.10 Å². The summed E-state index contributed by atoms with van der Waals surface area (Å²) in [7, 11) is 3.43. The minimum Gasteiger partial charge on any atom is -0.358 e. The molecule has 0 radical (unpaired) electrons. The summed E-state index contributed by atoms with van der Waals surface area (Å²) in [5.41, 5.74) is 2.46. The first-order chi connectivity index (χ1) is 8.08. The number of aromatic nitrogens is 4. The van der Waals surface area contributed by atoms with Gasteiger partial charge in [0.25, 0.3) is 0 Å². The number of nitrogens with zero attached hydrogens (tertiary/aromatic N) is 4. The molecule has 0 saturated heterocycles. The first kappa shape index (κ1) is 11.9. The van der Waals surface area contributed by atoms with Crippen LogP contribution in [0.5, 0.6) is 0 Å². The third-order valence-corrected chi connectivity index (χ3v) is 2.91. The number of rotatable bonds is 3. The highest BCUT2D eigenvalue weighted by Crippen LogP contribution is 2.19. The van der Waals surface area contributed by atoms with Gasteiger partial charge >= 0.3 is 0 Å². The van der Waals surface area contributed by atoms with E-state index >= 15 is 0 Å². The standard InChI is InChI=1S/C10H14ClN5O/c1-6-9-10(15(3)14-6)16(5-8(17)12-2)7(4-11)13-9/h4-5H2,1-3H3,(H,12,17). The number of amides is 1. The first-order valence-electron chi connectivity index (χ1n) is 5.23. The lowest BCUT2D eigenvalue weighted by Crippen LogP contribution is -2.24. The first-order valence-corrected chi connectivity index (χ1v) is 5.77. The van der Waals surface area contributed by atoms with Crippen molar-refractivity contribution in [3.05, 3.63) is 11.5 Å². The van der Waals surface area contributed by atoms with Crippen LogP contribution < -0.4 is 5.32 Å². The summed E-state index contributed by atoms with van der Waals surface area (Å²) in [6.07, 6.45) is 0. The number of likely N-dealkylation sites (N-methyl/N-ethyl adjacent to an activating group) is 1. The smallest absolute Gasteiger partial charge is 0.239 e. The molecule has 0 aromatic carbocycles. The van der Waals surface area contributed by atoms with Crippen LogP contribution in [-0.4, -0.2) is 32.3 Å². The van der Waals surface area contributed by atoms with Gasteiger partial charge < -0.3 is 9.88 Å². The van der Waals surface area contributed by atoms with Crippen LogP contribution in [0, 0.1) is 6.92 Å². The number of nitrogens with one attached hydrogen (secondary N) is 1. The third kappa shape index (κ3) is 1.88.